The summed E-state index contributed by atoms with van der Waals surface area (Å²) in [4.78, 5) is 2.67. The molecule has 0 spiro atoms. The van der Waals surface area contributed by atoms with Gasteiger partial charge < -0.3 is 0 Å². The van der Waals surface area contributed by atoms with Crippen molar-refractivity contribution < 1.29 is 0 Å². The molecule has 1 aromatic carbocycles. The van der Waals surface area contributed by atoms with E-state index in [-0.39, 0.29) is 0 Å². The maximum Gasteiger partial charge on any atom is 0.0233 e. The van der Waals surface area contributed by atoms with Crippen LogP contribution in [0.25, 0.3) is 0 Å². The number of hydrogen-bond donors (Lipinski definition) is 0. The predicted molar refractivity (Wildman–Crippen MR) is 67.2 cm³/mol. The van der Waals surface area contributed by atoms with Gasteiger partial charge in [-0.3, -0.25) is 4.90 Å². The largest absolute Gasteiger partial charge is 0.299 e. The van der Waals surface area contributed by atoms with Crippen molar-refractivity contribution in [2.24, 2.45) is 11.8 Å². The Bertz CT molecular complexity index is 321. The second kappa shape index (κ2) is 4.58. The van der Waals surface area contributed by atoms with Gasteiger partial charge in [-0.05, 0) is 36.7 Å². The van der Waals surface area contributed by atoms with Crippen LogP contribution in [0.2, 0.25) is 0 Å². The van der Waals surface area contributed by atoms with E-state index in [1.165, 1.54) is 44.3 Å². The molecule has 1 nitrogen and oxygen atoms in total. The van der Waals surface area contributed by atoms with Gasteiger partial charge in [0.25, 0.3) is 0 Å². The molecule has 0 radical (unpaired) electrons. The van der Waals surface area contributed by atoms with E-state index < -0.39 is 0 Å². The van der Waals surface area contributed by atoms with Gasteiger partial charge in [-0.25, -0.2) is 0 Å². The van der Waals surface area contributed by atoms with Gasteiger partial charge in [0, 0.05) is 19.6 Å². The minimum atomic E-state index is 0.996. The molecule has 1 saturated heterocycles. The summed E-state index contributed by atoms with van der Waals surface area (Å²) >= 11 is 0. The fourth-order valence-corrected chi connectivity index (χ4v) is 3.51. The topological polar surface area (TPSA) is 3.24 Å². The SMILES string of the molecule is c1ccc(CN2CC3CCCC(C3)C2)cc1. The first-order valence-electron chi connectivity index (χ1n) is 6.66. The number of piperidine rings is 1. The second-order valence-corrected chi connectivity index (χ2v) is 5.58. The van der Waals surface area contributed by atoms with Crippen molar-refractivity contribution in [2.45, 2.75) is 32.2 Å². The van der Waals surface area contributed by atoms with Crippen molar-refractivity contribution >= 4 is 0 Å². The number of benzene rings is 1. The zero-order valence-corrected chi connectivity index (χ0v) is 9.94. The van der Waals surface area contributed by atoms with E-state index in [9.17, 15) is 0 Å². The van der Waals surface area contributed by atoms with Gasteiger partial charge in [0.05, 0.1) is 0 Å². The van der Waals surface area contributed by atoms with Crippen LogP contribution in [0.1, 0.15) is 31.2 Å². The summed E-state index contributed by atoms with van der Waals surface area (Å²) in [5, 5.41) is 0. The van der Waals surface area contributed by atoms with Gasteiger partial charge in [-0.1, -0.05) is 36.8 Å². The molecule has 1 heteroatoms. The lowest BCUT2D eigenvalue weighted by Crippen LogP contribution is -2.42. The van der Waals surface area contributed by atoms with E-state index in [0.717, 1.165) is 18.4 Å². The Labute approximate surface area is 98.5 Å². The van der Waals surface area contributed by atoms with Crippen molar-refractivity contribution in [1.82, 2.24) is 4.90 Å². The minimum Gasteiger partial charge on any atom is -0.299 e. The first-order valence-corrected chi connectivity index (χ1v) is 6.66. The smallest absolute Gasteiger partial charge is 0.0233 e. The molecule has 16 heavy (non-hydrogen) atoms. The summed E-state index contributed by atoms with van der Waals surface area (Å²) in [6, 6.07) is 10.9. The number of fused-ring (bicyclic) bond motifs is 2. The summed E-state index contributed by atoms with van der Waals surface area (Å²) < 4.78 is 0. The highest BCUT2D eigenvalue weighted by Gasteiger charge is 2.30. The van der Waals surface area contributed by atoms with E-state index in [1.54, 1.807) is 0 Å². The second-order valence-electron chi connectivity index (χ2n) is 5.58. The molecule has 2 aliphatic rings. The minimum absolute atomic E-state index is 0.996. The van der Waals surface area contributed by atoms with E-state index >= 15 is 0 Å². The maximum absolute atomic E-state index is 2.67. The molecule has 86 valence electrons. The Hall–Kier alpha value is -0.820. The van der Waals surface area contributed by atoms with E-state index in [4.69, 9.17) is 0 Å². The lowest BCUT2D eigenvalue weighted by Gasteiger charge is -2.41. The van der Waals surface area contributed by atoms with Gasteiger partial charge in [-0.15, -0.1) is 0 Å². The fourth-order valence-electron chi connectivity index (χ4n) is 3.51. The van der Waals surface area contributed by atoms with E-state index in [0.29, 0.717) is 0 Å². The average Bonchev–Trinajstić information content (AvgIpc) is 2.30. The Morgan fingerprint density at radius 3 is 2.38 bits per heavy atom. The Morgan fingerprint density at radius 1 is 1.00 bits per heavy atom. The number of rotatable bonds is 2. The monoisotopic (exact) mass is 215 g/mol. The molecule has 2 atom stereocenters. The molecule has 1 aliphatic carbocycles. The molecule has 2 bridgehead atoms. The highest BCUT2D eigenvalue weighted by atomic mass is 15.1. The third-order valence-electron chi connectivity index (χ3n) is 4.17. The van der Waals surface area contributed by atoms with Crippen LogP contribution in [-0.4, -0.2) is 18.0 Å². The van der Waals surface area contributed by atoms with Crippen LogP contribution in [0.4, 0.5) is 0 Å². The molecule has 1 aromatic rings. The molecule has 2 unspecified atom stereocenters. The van der Waals surface area contributed by atoms with Crippen LogP contribution < -0.4 is 0 Å². The highest BCUT2D eigenvalue weighted by Crippen LogP contribution is 2.34. The van der Waals surface area contributed by atoms with Crippen molar-refractivity contribution in [3.8, 4) is 0 Å². The molecule has 1 heterocycles. The Balaban J connectivity index is 1.63. The summed E-state index contributed by atoms with van der Waals surface area (Å²) in [7, 11) is 0. The Kier molecular flexibility index (Phi) is 2.96. The standard InChI is InChI=1S/C15H21N/c1-2-5-13(6-3-1)10-16-11-14-7-4-8-15(9-14)12-16/h1-3,5-6,14-15H,4,7-12H2. The van der Waals surface area contributed by atoms with Crippen molar-refractivity contribution in [2.75, 3.05) is 13.1 Å². The molecular formula is C15H21N. The molecule has 0 N–H and O–H groups in total. The molecule has 1 aliphatic heterocycles. The van der Waals surface area contributed by atoms with E-state index in [2.05, 4.69) is 35.2 Å². The third kappa shape index (κ3) is 2.30. The molecular weight excluding hydrogens is 194 g/mol. The fraction of sp³-hybridized carbons (Fsp3) is 0.600. The zero-order valence-electron chi connectivity index (χ0n) is 9.94. The van der Waals surface area contributed by atoms with Crippen molar-refractivity contribution in [3.05, 3.63) is 35.9 Å². The van der Waals surface area contributed by atoms with Gasteiger partial charge >= 0.3 is 0 Å². The quantitative estimate of drug-likeness (QED) is 0.731. The van der Waals surface area contributed by atoms with Gasteiger partial charge in [0.2, 0.25) is 0 Å². The summed E-state index contributed by atoms with van der Waals surface area (Å²) in [6.45, 7) is 3.84. The normalized spacial score (nSPS) is 30.2. The predicted octanol–water partition coefficient (Wildman–Crippen LogP) is 3.31. The van der Waals surface area contributed by atoms with Gasteiger partial charge in [0.1, 0.15) is 0 Å². The Morgan fingerprint density at radius 2 is 1.69 bits per heavy atom. The molecule has 0 amide bonds. The van der Waals surface area contributed by atoms with Crippen molar-refractivity contribution in [3.63, 3.8) is 0 Å². The number of likely N-dealkylation sites (tertiary alicyclic amines) is 1. The maximum atomic E-state index is 2.67. The lowest BCUT2D eigenvalue weighted by molar-refractivity contribution is 0.0808. The summed E-state index contributed by atoms with van der Waals surface area (Å²) in [6.07, 6.45) is 5.93. The van der Waals surface area contributed by atoms with Crippen LogP contribution >= 0.6 is 0 Å². The zero-order chi connectivity index (χ0) is 10.8. The van der Waals surface area contributed by atoms with Crippen LogP contribution in [0.5, 0.6) is 0 Å². The summed E-state index contributed by atoms with van der Waals surface area (Å²) in [5.41, 5.74) is 1.47. The van der Waals surface area contributed by atoms with Crippen LogP contribution in [-0.2, 0) is 6.54 Å². The first kappa shape index (κ1) is 10.3. The molecule has 0 aromatic heterocycles. The molecule has 1 saturated carbocycles. The van der Waals surface area contributed by atoms with Crippen LogP contribution in [0.3, 0.4) is 0 Å². The third-order valence-corrected chi connectivity index (χ3v) is 4.17. The van der Waals surface area contributed by atoms with Crippen molar-refractivity contribution in [1.29, 1.82) is 0 Å². The van der Waals surface area contributed by atoms with E-state index in [1.807, 2.05) is 0 Å². The average molecular weight is 215 g/mol. The summed E-state index contributed by atoms with van der Waals surface area (Å²) in [5.74, 6) is 1.99. The van der Waals surface area contributed by atoms with Gasteiger partial charge in [-0.2, -0.15) is 0 Å². The highest BCUT2D eigenvalue weighted by molar-refractivity contribution is 5.14. The van der Waals surface area contributed by atoms with Crippen LogP contribution in [0.15, 0.2) is 30.3 Å². The lowest BCUT2D eigenvalue weighted by atomic mass is 9.78. The number of hydrogen-bond acceptors (Lipinski definition) is 1. The molecule has 2 fully saturated rings. The molecule has 3 rings (SSSR count). The first-order chi connectivity index (χ1) is 7.90. The number of nitrogens with zero attached hydrogens (tertiary/aromatic N) is 1. The van der Waals surface area contributed by atoms with Gasteiger partial charge in [0.15, 0.2) is 0 Å². The van der Waals surface area contributed by atoms with Crippen LogP contribution in [0, 0.1) is 11.8 Å².